The fraction of sp³-hybridized carbons (Fsp3) is 0.889. The molecule has 0 spiro atoms. The summed E-state index contributed by atoms with van der Waals surface area (Å²) >= 11 is 0. The van der Waals surface area contributed by atoms with E-state index < -0.39 is 0 Å². The third-order valence-electron chi connectivity index (χ3n) is 3.39. The van der Waals surface area contributed by atoms with Crippen LogP contribution in [-0.4, -0.2) is 41.0 Å². The van der Waals surface area contributed by atoms with Gasteiger partial charge in [0.05, 0.1) is 11.7 Å². The first-order valence-electron chi connectivity index (χ1n) is 4.59. The van der Waals surface area contributed by atoms with Crippen molar-refractivity contribution in [3.05, 3.63) is 0 Å². The highest BCUT2D eigenvalue weighted by Gasteiger charge is 2.51. The second-order valence-electron chi connectivity index (χ2n) is 4.24. The van der Waals surface area contributed by atoms with E-state index >= 15 is 0 Å². The summed E-state index contributed by atoms with van der Waals surface area (Å²) in [4.78, 5) is 15.9. The highest BCUT2D eigenvalue weighted by Crippen LogP contribution is 2.36. The van der Waals surface area contributed by atoms with E-state index in [0.717, 1.165) is 13.0 Å². The lowest BCUT2D eigenvalue weighted by atomic mass is 10.2. The third-order valence-corrected chi connectivity index (χ3v) is 3.39. The van der Waals surface area contributed by atoms with Gasteiger partial charge >= 0.3 is 0 Å². The molecule has 2 heterocycles. The maximum absolute atomic E-state index is 11.7. The maximum Gasteiger partial charge on any atom is 0.241 e. The number of likely N-dealkylation sites (N-methyl/N-ethyl adjacent to an activating group) is 1. The Hall–Kier alpha value is -0.570. The van der Waals surface area contributed by atoms with E-state index in [1.54, 1.807) is 0 Å². The average molecular weight is 168 g/mol. The molecule has 0 N–H and O–H groups in total. The van der Waals surface area contributed by atoms with Crippen molar-refractivity contribution in [1.82, 2.24) is 9.80 Å². The van der Waals surface area contributed by atoms with Gasteiger partial charge in [0.1, 0.15) is 0 Å². The van der Waals surface area contributed by atoms with Gasteiger partial charge in [-0.05, 0) is 26.7 Å². The SMILES string of the molecule is CN1C(=O)C2CCCN2C1(C)C. The number of fused-ring (bicyclic) bond motifs is 1. The molecule has 12 heavy (non-hydrogen) atoms. The number of carbonyl (C=O) groups is 1. The van der Waals surface area contributed by atoms with Crippen LogP contribution in [0.4, 0.5) is 0 Å². The van der Waals surface area contributed by atoms with Crippen molar-refractivity contribution in [2.45, 2.75) is 38.4 Å². The third kappa shape index (κ3) is 0.774. The lowest BCUT2D eigenvalue weighted by Crippen LogP contribution is -2.47. The minimum Gasteiger partial charge on any atom is -0.326 e. The van der Waals surface area contributed by atoms with E-state index in [1.165, 1.54) is 6.42 Å². The zero-order valence-electron chi connectivity index (χ0n) is 8.00. The Balaban J connectivity index is 2.34. The van der Waals surface area contributed by atoms with Gasteiger partial charge in [-0.25, -0.2) is 0 Å². The molecule has 2 rings (SSSR count). The molecule has 2 aliphatic heterocycles. The van der Waals surface area contributed by atoms with Gasteiger partial charge in [-0.3, -0.25) is 9.69 Å². The van der Waals surface area contributed by atoms with Gasteiger partial charge < -0.3 is 4.90 Å². The summed E-state index contributed by atoms with van der Waals surface area (Å²) in [6.07, 6.45) is 2.22. The van der Waals surface area contributed by atoms with Crippen molar-refractivity contribution >= 4 is 5.91 Å². The fourth-order valence-corrected chi connectivity index (χ4v) is 2.36. The second kappa shape index (κ2) is 2.22. The van der Waals surface area contributed by atoms with Gasteiger partial charge in [0, 0.05) is 13.6 Å². The molecule has 2 fully saturated rings. The minimum absolute atomic E-state index is 0.0573. The number of carbonyl (C=O) groups excluding carboxylic acids is 1. The molecule has 0 saturated carbocycles. The molecule has 1 atom stereocenters. The zero-order valence-corrected chi connectivity index (χ0v) is 8.00. The van der Waals surface area contributed by atoms with Crippen LogP contribution in [0.5, 0.6) is 0 Å². The summed E-state index contributed by atoms with van der Waals surface area (Å²) in [5.74, 6) is 0.303. The molecule has 0 aromatic rings. The molecule has 3 nitrogen and oxygen atoms in total. The summed E-state index contributed by atoms with van der Waals surface area (Å²) in [7, 11) is 1.90. The van der Waals surface area contributed by atoms with Gasteiger partial charge in [-0.1, -0.05) is 0 Å². The van der Waals surface area contributed by atoms with Crippen molar-refractivity contribution in [2.24, 2.45) is 0 Å². The summed E-state index contributed by atoms with van der Waals surface area (Å²) in [6.45, 7) is 5.32. The minimum atomic E-state index is -0.0573. The highest BCUT2D eigenvalue weighted by molar-refractivity contribution is 5.85. The quantitative estimate of drug-likeness (QED) is 0.530. The van der Waals surface area contributed by atoms with E-state index in [-0.39, 0.29) is 11.7 Å². The Bertz CT molecular complexity index is 225. The van der Waals surface area contributed by atoms with Crippen LogP contribution in [0.3, 0.4) is 0 Å². The van der Waals surface area contributed by atoms with Crippen molar-refractivity contribution in [2.75, 3.05) is 13.6 Å². The van der Waals surface area contributed by atoms with Crippen LogP contribution in [-0.2, 0) is 4.79 Å². The number of rotatable bonds is 0. The summed E-state index contributed by atoms with van der Waals surface area (Å²) in [5.41, 5.74) is -0.0573. The van der Waals surface area contributed by atoms with E-state index in [0.29, 0.717) is 5.91 Å². The van der Waals surface area contributed by atoms with E-state index in [9.17, 15) is 4.79 Å². The molecule has 0 bridgehead atoms. The van der Waals surface area contributed by atoms with Crippen LogP contribution < -0.4 is 0 Å². The molecule has 2 aliphatic rings. The lowest BCUT2D eigenvalue weighted by molar-refractivity contribution is -0.130. The van der Waals surface area contributed by atoms with E-state index in [1.807, 2.05) is 11.9 Å². The normalized spacial score (nSPS) is 34.4. The zero-order chi connectivity index (χ0) is 8.93. The van der Waals surface area contributed by atoms with Crippen LogP contribution in [0.25, 0.3) is 0 Å². The van der Waals surface area contributed by atoms with Gasteiger partial charge in [0.15, 0.2) is 0 Å². The van der Waals surface area contributed by atoms with Crippen molar-refractivity contribution in [3.8, 4) is 0 Å². The van der Waals surface area contributed by atoms with Gasteiger partial charge in [-0.15, -0.1) is 0 Å². The first kappa shape index (κ1) is 8.05. The largest absolute Gasteiger partial charge is 0.326 e. The van der Waals surface area contributed by atoms with Gasteiger partial charge in [-0.2, -0.15) is 0 Å². The molecule has 2 saturated heterocycles. The van der Waals surface area contributed by atoms with Crippen molar-refractivity contribution in [3.63, 3.8) is 0 Å². The maximum atomic E-state index is 11.7. The number of amides is 1. The number of nitrogens with zero attached hydrogens (tertiary/aromatic N) is 2. The fourth-order valence-electron chi connectivity index (χ4n) is 2.36. The first-order chi connectivity index (χ1) is 5.55. The van der Waals surface area contributed by atoms with Crippen LogP contribution in [0, 0.1) is 0 Å². The predicted octanol–water partition coefficient (Wildman–Crippen LogP) is 0.659. The molecular formula is C9H16N2O. The van der Waals surface area contributed by atoms with E-state index in [2.05, 4.69) is 18.7 Å². The predicted molar refractivity (Wildman–Crippen MR) is 46.6 cm³/mol. The van der Waals surface area contributed by atoms with Crippen LogP contribution in [0.1, 0.15) is 26.7 Å². The first-order valence-corrected chi connectivity index (χ1v) is 4.59. The second-order valence-corrected chi connectivity index (χ2v) is 4.24. The Morgan fingerprint density at radius 3 is 2.75 bits per heavy atom. The van der Waals surface area contributed by atoms with Gasteiger partial charge in [0.2, 0.25) is 5.91 Å². The number of hydrogen-bond donors (Lipinski definition) is 0. The molecular weight excluding hydrogens is 152 g/mol. The lowest BCUT2D eigenvalue weighted by Gasteiger charge is -2.34. The standard InChI is InChI=1S/C9H16N2O/c1-9(2)10(3)8(12)7-5-4-6-11(7)9/h7H,4-6H2,1-3H3. The van der Waals surface area contributed by atoms with Crippen LogP contribution in [0.2, 0.25) is 0 Å². The monoisotopic (exact) mass is 168 g/mol. The van der Waals surface area contributed by atoms with Crippen molar-refractivity contribution in [1.29, 1.82) is 0 Å². The smallest absolute Gasteiger partial charge is 0.241 e. The number of hydrogen-bond acceptors (Lipinski definition) is 2. The molecule has 68 valence electrons. The Morgan fingerprint density at radius 2 is 2.17 bits per heavy atom. The van der Waals surface area contributed by atoms with Crippen molar-refractivity contribution < 1.29 is 4.79 Å². The molecule has 1 amide bonds. The van der Waals surface area contributed by atoms with E-state index in [4.69, 9.17) is 0 Å². The summed E-state index contributed by atoms with van der Waals surface area (Å²) < 4.78 is 0. The molecule has 3 heteroatoms. The Labute approximate surface area is 73.3 Å². The molecule has 0 aromatic carbocycles. The molecule has 1 unspecified atom stereocenters. The Kier molecular flexibility index (Phi) is 1.49. The highest BCUT2D eigenvalue weighted by atomic mass is 16.2. The molecule has 0 radical (unpaired) electrons. The Morgan fingerprint density at radius 1 is 1.50 bits per heavy atom. The average Bonchev–Trinajstić information content (AvgIpc) is 2.54. The van der Waals surface area contributed by atoms with Gasteiger partial charge in [0.25, 0.3) is 0 Å². The topological polar surface area (TPSA) is 23.6 Å². The molecule has 0 aromatic heterocycles. The summed E-state index contributed by atoms with van der Waals surface area (Å²) in [6, 6.07) is 0.185. The molecule has 0 aliphatic carbocycles. The summed E-state index contributed by atoms with van der Waals surface area (Å²) in [5, 5.41) is 0. The van der Waals surface area contributed by atoms with Crippen LogP contribution >= 0.6 is 0 Å². The van der Waals surface area contributed by atoms with Crippen LogP contribution in [0.15, 0.2) is 0 Å².